The third kappa shape index (κ3) is 4.52. The SMILES string of the molecule is COc1cc(/C=C2/NC(=O)N(Cc3ccccc3F)C2=O)cc(Cl)c1OCC(=O)O. The van der Waals surface area contributed by atoms with Crippen LogP contribution in [0.2, 0.25) is 5.02 Å². The molecule has 1 heterocycles. The van der Waals surface area contributed by atoms with Gasteiger partial charge in [-0.15, -0.1) is 0 Å². The van der Waals surface area contributed by atoms with E-state index in [2.05, 4.69) is 5.32 Å². The minimum absolute atomic E-state index is 0.0336. The number of rotatable bonds is 7. The molecule has 0 atom stereocenters. The Morgan fingerprint density at radius 3 is 2.70 bits per heavy atom. The lowest BCUT2D eigenvalue weighted by Crippen LogP contribution is -2.30. The van der Waals surface area contributed by atoms with E-state index in [-0.39, 0.29) is 34.3 Å². The maximum Gasteiger partial charge on any atom is 0.341 e. The maximum absolute atomic E-state index is 13.9. The summed E-state index contributed by atoms with van der Waals surface area (Å²) in [5.74, 6) is -2.16. The van der Waals surface area contributed by atoms with Crippen LogP contribution in [0.1, 0.15) is 11.1 Å². The molecule has 1 aliphatic rings. The number of benzene rings is 2. The van der Waals surface area contributed by atoms with E-state index >= 15 is 0 Å². The first-order valence-electron chi connectivity index (χ1n) is 8.60. The smallest absolute Gasteiger partial charge is 0.341 e. The van der Waals surface area contributed by atoms with Gasteiger partial charge in [-0.2, -0.15) is 0 Å². The Hall–Kier alpha value is -3.59. The van der Waals surface area contributed by atoms with Crippen molar-refractivity contribution in [3.63, 3.8) is 0 Å². The highest BCUT2D eigenvalue weighted by Crippen LogP contribution is 2.37. The van der Waals surface area contributed by atoms with Gasteiger partial charge in [0.05, 0.1) is 18.7 Å². The number of aliphatic carboxylic acids is 1. The van der Waals surface area contributed by atoms with Crippen molar-refractivity contribution in [2.24, 2.45) is 0 Å². The molecule has 1 fully saturated rings. The number of urea groups is 1. The fraction of sp³-hybridized carbons (Fsp3) is 0.150. The van der Waals surface area contributed by atoms with Crippen LogP contribution in [-0.4, -0.2) is 41.6 Å². The fourth-order valence-electron chi connectivity index (χ4n) is 2.78. The van der Waals surface area contributed by atoms with Gasteiger partial charge >= 0.3 is 12.0 Å². The van der Waals surface area contributed by atoms with Gasteiger partial charge in [-0.3, -0.25) is 9.69 Å². The average Bonchev–Trinajstić information content (AvgIpc) is 2.95. The van der Waals surface area contributed by atoms with Crippen LogP contribution in [0.15, 0.2) is 42.1 Å². The minimum atomic E-state index is -1.19. The predicted molar refractivity (Wildman–Crippen MR) is 105 cm³/mol. The van der Waals surface area contributed by atoms with E-state index in [1.54, 1.807) is 6.07 Å². The molecule has 10 heteroatoms. The van der Waals surface area contributed by atoms with Crippen molar-refractivity contribution in [3.8, 4) is 11.5 Å². The summed E-state index contributed by atoms with van der Waals surface area (Å²) in [5, 5.41) is 11.2. The zero-order chi connectivity index (χ0) is 21.8. The lowest BCUT2D eigenvalue weighted by molar-refractivity contribution is -0.139. The molecule has 2 N–H and O–H groups in total. The number of carbonyl (C=O) groups excluding carboxylic acids is 2. The van der Waals surface area contributed by atoms with Gasteiger partial charge < -0.3 is 19.9 Å². The first-order valence-corrected chi connectivity index (χ1v) is 8.98. The number of hydrogen-bond acceptors (Lipinski definition) is 5. The van der Waals surface area contributed by atoms with Crippen LogP contribution in [-0.2, 0) is 16.1 Å². The summed E-state index contributed by atoms with van der Waals surface area (Å²) >= 11 is 6.15. The normalized spacial score (nSPS) is 14.8. The number of methoxy groups -OCH3 is 1. The van der Waals surface area contributed by atoms with E-state index in [0.717, 1.165) is 4.90 Å². The van der Waals surface area contributed by atoms with Crippen molar-refractivity contribution in [3.05, 3.63) is 64.1 Å². The Morgan fingerprint density at radius 2 is 2.03 bits per heavy atom. The fourth-order valence-corrected chi connectivity index (χ4v) is 3.05. The number of hydrogen-bond donors (Lipinski definition) is 2. The summed E-state index contributed by atoms with van der Waals surface area (Å²) in [6.07, 6.45) is 1.37. The van der Waals surface area contributed by atoms with Gasteiger partial charge in [-0.05, 0) is 29.8 Å². The lowest BCUT2D eigenvalue weighted by atomic mass is 10.1. The number of carboxylic acid groups (broad SMARTS) is 1. The van der Waals surface area contributed by atoms with Crippen LogP contribution in [0.4, 0.5) is 9.18 Å². The Bertz CT molecular complexity index is 1060. The third-order valence-electron chi connectivity index (χ3n) is 4.15. The van der Waals surface area contributed by atoms with Crippen LogP contribution in [0.5, 0.6) is 11.5 Å². The first-order chi connectivity index (χ1) is 14.3. The van der Waals surface area contributed by atoms with Gasteiger partial charge in [0.2, 0.25) is 0 Å². The van der Waals surface area contributed by atoms with Gasteiger partial charge in [-0.1, -0.05) is 29.8 Å². The van der Waals surface area contributed by atoms with Gasteiger partial charge in [0.1, 0.15) is 11.5 Å². The van der Waals surface area contributed by atoms with Crippen LogP contribution >= 0.6 is 11.6 Å². The molecule has 3 rings (SSSR count). The molecular weight excluding hydrogens is 419 g/mol. The van der Waals surface area contributed by atoms with Crippen LogP contribution in [0.3, 0.4) is 0 Å². The molecule has 2 aromatic rings. The molecule has 8 nitrogen and oxygen atoms in total. The highest BCUT2D eigenvalue weighted by molar-refractivity contribution is 6.32. The Labute approximate surface area is 175 Å². The first kappa shape index (κ1) is 21.1. The number of amides is 3. The van der Waals surface area contributed by atoms with Crippen LogP contribution in [0, 0.1) is 5.82 Å². The number of imide groups is 1. The van der Waals surface area contributed by atoms with Crippen LogP contribution < -0.4 is 14.8 Å². The van der Waals surface area contributed by atoms with Crippen LogP contribution in [0.25, 0.3) is 6.08 Å². The maximum atomic E-state index is 13.9. The second-order valence-corrected chi connectivity index (χ2v) is 6.59. The van der Waals surface area contributed by atoms with E-state index in [1.165, 1.54) is 43.5 Å². The largest absolute Gasteiger partial charge is 0.493 e. The minimum Gasteiger partial charge on any atom is -0.493 e. The predicted octanol–water partition coefficient (Wildman–Crippen LogP) is 3.04. The Kier molecular flexibility index (Phi) is 6.22. The lowest BCUT2D eigenvalue weighted by Gasteiger charge is -2.12. The van der Waals surface area contributed by atoms with Crippen molar-refractivity contribution in [2.45, 2.75) is 6.54 Å². The van der Waals surface area contributed by atoms with Gasteiger partial charge in [0.25, 0.3) is 5.91 Å². The molecule has 0 saturated carbocycles. The van der Waals surface area contributed by atoms with E-state index in [0.29, 0.717) is 5.56 Å². The monoisotopic (exact) mass is 434 g/mol. The average molecular weight is 435 g/mol. The van der Waals surface area contributed by atoms with Crippen molar-refractivity contribution in [1.82, 2.24) is 10.2 Å². The number of nitrogens with zero attached hydrogens (tertiary/aromatic N) is 1. The third-order valence-corrected chi connectivity index (χ3v) is 4.43. The van der Waals surface area contributed by atoms with Gasteiger partial charge in [0.15, 0.2) is 18.1 Å². The number of ether oxygens (including phenoxy) is 2. The van der Waals surface area contributed by atoms with E-state index in [1.807, 2.05) is 0 Å². The topological polar surface area (TPSA) is 105 Å². The molecule has 3 amide bonds. The molecular formula is C20H16ClFN2O6. The van der Waals surface area contributed by atoms with Crippen molar-refractivity contribution in [1.29, 1.82) is 0 Å². The molecule has 0 spiro atoms. The summed E-state index contributed by atoms with van der Waals surface area (Å²) in [4.78, 5) is 36.4. The summed E-state index contributed by atoms with van der Waals surface area (Å²) in [6, 6.07) is 8.05. The molecule has 156 valence electrons. The number of carbonyl (C=O) groups is 3. The van der Waals surface area contributed by atoms with E-state index in [9.17, 15) is 18.8 Å². The Balaban J connectivity index is 1.85. The van der Waals surface area contributed by atoms with Crippen molar-refractivity contribution < 1.29 is 33.4 Å². The molecule has 2 aromatic carbocycles. The highest BCUT2D eigenvalue weighted by atomic mass is 35.5. The number of carboxylic acids is 1. The second-order valence-electron chi connectivity index (χ2n) is 6.19. The molecule has 0 bridgehead atoms. The molecule has 1 aliphatic heterocycles. The standard InChI is InChI=1S/C20H16ClFN2O6/c1-29-16-8-11(6-13(21)18(16)30-10-17(25)26)7-15-19(27)24(20(28)23-15)9-12-4-2-3-5-14(12)22/h2-8H,9-10H2,1H3,(H,23,28)(H,25,26)/b15-7+. The van der Waals surface area contributed by atoms with Crippen molar-refractivity contribution in [2.75, 3.05) is 13.7 Å². The number of nitrogens with one attached hydrogen (secondary N) is 1. The van der Waals surface area contributed by atoms with E-state index in [4.69, 9.17) is 26.2 Å². The summed E-state index contributed by atoms with van der Waals surface area (Å²) < 4.78 is 24.1. The summed E-state index contributed by atoms with van der Waals surface area (Å²) in [5.41, 5.74) is 0.566. The molecule has 0 aromatic heterocycles. The van der Waals surface area contributed by atoms with Gasteiger partial charge in [0, 0.05) is 5.56 Å². The Morgan fingerprint density at radius 1 is 1.30 bits per heavy atom. The highest BCUT2D eigenvalue weighted by Gasteiger charge is 2.34. The summed E-state index contributed by atoms with van der Waals surface area (Å²) in [6.45, 7) is -0.837. The second kappa shape index (κ2) is 8.83. The molecule has 0 unspecified atom stereocenters. The zero-order valence-electron chi connectivity index (χ0n) is 15.6. The molecule has 0 radical (unpaired) electrons. The molecule has 30 heavy (non-hydrogen) atoms. The van der Waals surface area contributed by atoms with Crippen molar-refractivity contribution >= 4 is 35.6 Å². The quantitative estimate of drug-likeness (QED) is 0.512. The van der Waals surface area contributed by atoms with E-state index < -0.39 is 30.3 Å². The summed E-state index contributed by atoms with van der Waals surface area (Å²) in [7, 11) is 1.34. The zero-order valence-corrected chi connectivity index (χ0v) is 16.4. The molecule has 1 saturated heterocycles. The van der Waals surface area contributed by atoms with Gasteiger partial charge in [-0.25, -0.2) is 14.0 Å². The number of halogens is 2. The molecule has 0 aliphatic carbocycles.